The number of carbonyl (C=O) groups is 1. The second kappa shape index (κ2) is 8.71. The minimum absolute atomic E-state index is 0.201. The first-order valence-electron chi connectivity index (χ1n) is 7.97. The molecule has 2 aromatic carbocycles. The highest BCUT2D eigenvalue weighted by Crippen LogP contribution is 2.13. The van der Waals surface area contributed by atoms with Gasteiger partial charge in [0.15, 0.2) is 0 Å². The summed E-state index contributed by atoms with van der Waals surface area (Å²) in [7, 11) is 0. The molecule has 4 nitrogen and oxygen atoms in total. The molecule has 0 saturated carbocycles. The van der Waals surface area contributed by atoms with Gasteiger partial charge in [0, 0.05) is 18.1 Å². The van der Waals surface area contributed by atoms with Crippen molar-refractivity contribution in [2.75, 3.05) is 6.54 Å². The second-order valence-corrected chi connectivity index (χ2v) is 6.58. The number of hydrogen-bond donors (Lipinski definition) is 3. The summed E-state index contributed by atoms with van der Waals surface area (Å²) in [4.78, 5) is 11.8. The molecule has 0 aliphatic rings. The van der Waals surface area contributed by atoms with Gasteiger partial charge in [0.05, 0.1) is 5.60 Å². The molecule has 0 aromatic heterocycles. The predicted octanol–water partition coefficient (Wildman–Crippen LogP) is 3.52. The molecule has 0 spiro atoms. The van der Waals surface area contributed by atoms with Crippen LogP contribution in [-0.4, -0.2) is 23.3 Å². The summed E-state index contributed by atoms with van der Waals surface area (Å²) in [5.74, 6) is 0. The van der Waals surface area contributed by atoms with Gasteiger partial charge in [0.2, 0.25) is 0 Å². The maximum absolute atomic E-state index is 11.8. The summed E-state index contributed by atoms with van der Waals surface area (Å²) >= 11 is 5.82. The van der Waals surface area contributed by atoms with Gasteiger partial charge in [-0.05, 0) is 43.0 Å². The van der Waals surface area contributed by atoms with E-state index in [2.05, 4.69) is 10.6 Å². The molecule has 1 unspecified atom stereocenters. The van der Waals surface area contributed by atoms with Gasteiger partial charge in [-0.25, -0.2) is 4.79 Å². The molecule has 24 heavy (non-hydrogen) atoms. The fourth-order valence-corrected chi connectivity index (χ4v) is 2.39. The maximum atomic E-state index is 11.8. The summed E-state index contributed by atoms with van der Waals surface area (Å²) < 4.78 is 0. The van der Waals surface area contributed by atoms with Gasteiger partial charge < -0.3 is 15.7 Å². The quantitative estimate of drug-likeness (QED) is 0.718. The van der Waals surface area contributed by atoms with Crippen LogP contribution in [-0.2, 0) is 13.0 Å². The van der Waals surface area contributed by atoms with Gasteiger partial charge in [0.1, 0.15) is 0 Å². The van der Waals surface area contributed by atoms with Gasteiger partial charge in [-0.2, -0.15) is 0 Å². The molecule has 0 bridgehead atoms. The van der Waals surface area contributed by atoms with Crippen LogP contribution in [0.15, 0.2) is 54.6 Å². The smallest absolute Gasteiger partial charge is 0.315 e. The van der Waals surface area contributed by atoms with Crippen LogP contribution in [0.3, 0.4) is 0 Å². The van der Waals surface area contributed by atoms with Gasteiger partial charge in [-0.1, -0.05) is 54.1 Å². The predicted molar refractivity (Wildman–Crippen MR) is 97.1 cm³/mol. The summed E-state index contributed by atoms with van der Waals surface area (Å²) in [6, 6.07) is 17.0. The largest absolute Gasteiger partial charge is 0.388 e. The Kier molecular flexibility index (Phi) is 6.64. The van der Waals surface area contributed by atoms with Gasteiger partial charge >= 0.3 is 6.03 Å². The van der Waals surface area contributed by atoms with Gasteiger partial charge in [0.25, 0.3) is 0 Å². The van der Waals surface area contributed by atoms with E-state index in [1.807, 2.05) is 42.5 Å². The van der Waals surface area contributed by atoms with Crippen LogP contribution in [0.4, 0.5) is 4.79 Å². The molecule has 0 saturated heterocycles. The van der Waals surface area contributed by atoms with Crippen molar-refractivity contribution in [2.24, 2.45) is 0 Å². The minimum atomic E-state index is -0.951. The molecule has 3 N–H and O–H groups in total. The number of hydrogen-bond acceptors (Lipinski definition) is 2. The first-order valence-corrected chi connectivity index (χ1v) is 8.35. The van der Waals surface area contributed by atoms with E-state index in [4.69, 9.17) is 11.6 Å². The summed E-state index contributed by atoms with van der Waals surface area (Å²) in [6.45, 7) is 2.34. The zero-order valence-corrected chi connectivity index (χ0v) is 14.5. The molecule has 128 valence electrons. The highest BCUT2D eigenvalue weighted by Gasteiger charge is 2.20. The fraction of sp³-hybridized carbons (Fsp3) is 0.316. The van der Waals surface area contributed by atoms with E-state index in [1.165, 1.54) is 5.56 Å². The lowest BCUT2D eigenvalue weighted by Crippen LogP contribution is -2.44. The van der Waals surface area contributed by atoms with Crippen LogP contribution in [0.2, 0.25) is 5.02 Å². The molecule has 0 aliphatic carbocycles. The van der Waals surface area contributed by atoms with Crippen LogP contribution in [0.25, 0.3) is 0 Å². The SMILES string of the molecule is CC(O)(CCc1ccccc1)CNC(=O)NCc1ccc(Cl)cc1. The molecule has 2 amide bonds. The zero-order valence-electron chi connectivity index (χ0n) is 13.8. The fourth-order valence-electron chi connectivity index (χ4n) is 2.26. The lowest BCUT2D eigenvalue weighted by molar-refractivity contribution is 0.0534. The lowest BCUT2D eigenvalue weighted by Gasteiger charge is -2.23. The number of carbonyl (C=O) groups excluding carboxylic acids is 1. The van der Waals surface area contributed by atoms with Crippen molar-refractivity contribution in [1.82, 2.24) is 10.6 Å². The topological polar surface area (TPSA) is 61.4 Å². The van der Waals surface area contributed by atoms with Gasteiger partial charge in [-0.3, -0.25) is 0 Å². The third kappa shape index (κ3) is 6.60. The van der Waals surface area contributed by atoms with Crippen molar-refractivity contribution in [3.63, 3.8) is 0 Å². The Bertz CT molecular complexity index is 642. The van der Waals surface area contributed by atoms with Crippen LogP contribution < -0.4 is 10.6 Å². The Morgan fingerprint density at radius 2 is 1.71 bits per heavy atom. The minimum Gasteiger partial charge on any atom is -0.388 e. The molecule has 5 heteroatoms. The number of amides is 2. The lowest BCUT2D eigenvalue weighted by atomic mass is 9.97. The Morgan fingerprint density at radius 1 is 1.04 bits per heavy atom. The average molecular weight is 347 g/mol. The van der Waals surface area contributed by atoms with E-state index in [9.17, 15) is 9.90 Å². The Balaban J connectivity index is 1.70. The molecule has 2 rings (SSSR count). The number of benzene rings is 2. The molecular formula is C19H23ClN2O2. The number of nitrogens with one attached hydrogen (secondary N) is 2. The third-order valence-electron chi connectivity index (χ3n) is 3.79. The normalized spacial score (nSPS) is 13.1. The first kappa shape index (κ1) is 18.3. The number of rotatable bonds is 7. The number of urea groups is 1. The van der Waals surface area contributed by atoms with Crippen LogP contribution in [0.5, 0.6) is 0 Å². The molecule has 2 aromatic rings. The van der Waals surface area contributed by atoms with Gasteiger partial charge in [-0.15, -0.1) is 0 Å². The average Bonchev–Trinajstić information content (AvgIpc) is 2.59. The molecule has 0 radical (unpaired) electrons. The highest BCUT2D eigenvalue weighted by atomic mass is 35.5. The van der Waals surface area contributed by atoms with E-state index in [0.717, 1.165) is 12.0 Å². The molecule has 1 atom stereocenters. The van der Waals surface area contributed by atoms with Crippen molar-refractivity contribution < 1.29 is 9.90 Å². The van der Waals surface area contributed by atoms with Crippen molar-refractivity contribution in [3.05, 3.63) is 70.7 Å². The van der Waals surface area contributed by atoms with E-state index in [1.54, 1.807) is 19.1 Å². The summed E-state index contributed by atoms with van der Waals surface area (Å²) in [6.07, 6.45) is 1.34. The van der Waals surface area contributed by atoms with Crippen LogP contribution in [0.1, 0.15) is 24.5 Å². The Morgan fingerprint density at radius 3 is 2.38 bits per heavy atom. The second-order valence-electron chi connectivity index (χ2n) is 6.15. The van der Waals surface area contributed by atoms with E-state index in [0.29, 0.717) is 18.0 Å². The Labute approximate surface area is 147 Å². The highest BCUT2D eigenvalue weighted by molar-refractivity contribution is 6.30. The van der Waals surface area contributed by atoms with E-state index >= 15 is 0 Å². The third-order valence-corrected chi connectivity index (χ3v) is 4.04. The Hall–Kier alpha value is -2.04. The van der Waals surface area contributed by atoms with E-state index in [-0.39, 0.29) is 12.6 Å². The van der Waals surface area contributed by atoms with Crippen LogP contribution >= 0.6 is 11.6 Å². The zero-order chi connectivity index (χ0) is 17.4. The van der Waals surface area contributed by atoms with Crippen molar-refractivity contribution in [3.8, 4) is 0 Å². The summed E-state index contributed by atoms with van der Waals surface area (Å²) in [5.41, 5.74) is 1.18. The monoisotopic (exact) mass is 346 g/mol. The number of halogens is 1. The summed E-state index contributed by atoms with van der Waals surface area (Å²) in [5, 5.41) is 16.5. The molecular weight excluding hydrogens is 324 g/mol. The molecule has 0 heterocycles. The standard InChI is InChI=1S/C19H23ClN2O2/c1-19(24,12-11-15-5-3-2-4-6-15)14-22-18(23)21-13-16-7-9-17(20)10-8-16/h2-10,24H,11-14H2,1H3,(H2,21,22,23). The van der Waals surface area contributed by atoms with Crippen molar-refractivity contribution in [1.29, 1.82) is 0 Å². The van der Waals surface area contributed by atoms with Crippen molar-refractivity contribution >= 4 is 17.6 Å². The van der Waals surface area contributed by atoms with Crippen LogP contribution in [0, 0.1) is 0 Å². The first-order chi connectivity index (χ1) is 11.4. The molecule has 0 aliphatic heterocycles. The maximum Gasteiger partial charge on any atom is 0.315 e. The number of aryl methyl sites for hydroxylation is 1. The number of aliphatic hydroxyl groups is 1. The van der Waals surface area contributed by atoms with E-state index < -0.39 is 5.60 Å². The molecule has 0 fully saturated rings. The van der Waals surface area contributed by atoms with Crippen molar-refractivity contribution in [2.45, 2.75) is 31.9 Å².